The van der Waals surface area contributed by atoms with Crippen molar-refractivity contribution in [2.75, 3.05) is 26.2 Å². The summed E-state index contributed by atoms with van der Waals surface area (Å²) in [5.74, 6) is 0.275. The third kappa shape index (κ3) is 6.16. The molecule has 0 N–H and O–H groups in total. The van der Waals surface area contributed by atoms with Crippen LogP contribution in [0.2, 0.25) is 0 Å². The van der Waals surface area contributed by atoms with Gasteiger partial charge in [-0.2, -0.15) is 0 Å². The highest BCUT2D eigenvalue weighted by Crippen LogP contribution is 2.23. The minimum absolute atomic E-state index is 0.234. The Morgan fingerprint density at radius 3 is 2.29 bits per heavy atom. The summed E-state index contributed by atoms with van der Waals surface area (Å²) in [6.07, 6.45) is -4.27. The van der Waals surface area contributed by atoms with E-state index in [4.69, 9.17) is 4.74 Å². The van der Waals surface area contributed by atoms with E-state index in [1.54, 1.807) is 41.3 Å². The molecule has 2 aromatic rings. The van der Waals surface area contributed by atoms with Gasteiger partial charge < -0.3 is 14.4 Å². The van der Waals surface area contributed by atoms with E-state index in [0.29, 0.717) is 31.9 Å². The van der Waals surface area contributed by atoms with Gasteiger partial charge in [-0.05, 0) is 36.2 Å². The number of hydrogen-bond acceptors (Lipinski definition) is 4. The van der Waals surface area contributed by atoms with Gasteiger partial charge in [-0.3, -0.25) is 4.90 Å². The van der Waals surface area contributed by atoms with Gasteiger partial charge in [0.25, 0.3) is 0 Å². The Labute approximate surface area is 161 Å². The Kier molecular flexibility index (Phi) is 6.41. The number of amides is 1. The van der Waals surface area contributed by atoms with Crippen LogP contribution in [0.1, 0.15) is 12.0 Å². The highest BCUT2D eigenvalue weighted by atomic mass is 19.4. The first-order valence-electron chi connectivity index (χ1n) is 8.98. The van der Waals surface area contributed by atoms with Crippen molar-refractivity contribution < 1.29 is 27.4 Å². The van der Waals surface area contributed by atoms with E-state index in [0.717, 1.165) is 18.5 Å². The van der Waals surface area contributed by atoms with Gasteiger partial charge >= 0.3 is 12.5 Å². The second kappa shape index (κ2) is 8.97. The van der Waals surface area contributed by atoms with Crippen molar-refractivity contribution in [2.45, 2.75) is 19.3 Å². The Morgan fingerprint density at radius 2 is 1.61 bits per heavy atom. The molecule has 0 bridgehead atoms. The van der Waals surface area contributed by atoms with Crippen molar-refractivity contribution in [3.63, 3.8) is 0 Å². The predicted molar refractivity (Wildman–Crippen MR) is 97.1 cm³/mol. The molecule has 0 radical (unpaired) electrons. The zero-order valence-electron chi connectivity index (χ0n) is 15.2. The van der Waals surface area contributed by atoms with Gasteiger partial charge in [0, 0.05) is 32.7 Å². The molecule has 3 rings (SSSR count). The van der Waals surface area contributed by atoms with Gasteiger partial charge in [0.15, 0.2) is 0 Å². The van der Waals surface area contributed by atoms with E-state index in [9.17, 15) is 18.0 Å². The fourth-order valence-electron chi connectivity index (χ4n) is 3.02. The van der Waals surface area contributed by atoms with E-state index in [-0.39, 0.29) is 11.8 Å². The average molecular weight is 394 g/mol. The molecule has 1 aliphatic rings. The summed E-state index contributed by atoms with van der Waals surface area (Å²) >= 11 is 0. The Morgan fingerprint density at radius 1 is 0.893 bits per heavy atom. The number of alkyl halides is 3. The van der Waals surface area contributed by atoms with Crippen molar-refractivity contribution in [3.8, 4) is 11.5 Å². The van der Waals surface area contributed by atoms with E-state index in [2.05, 4.69) is 9.64 Å². The van der Waals surface area contributed by atoms with E-state index in [1.807, 2.05) is 6.07 Å². The zero-order chi connectivity index (χ0) is 20.0. The van der Waals surface area contributed by atoms with Crippen LogP contribution in [-0.4, -0.2) is 48.4 Å². The Bertz CT molecular complexity index is 767. The summed E-state index contributed by atoms with van der Waals surface area (Å²) in [7, 11) is 0. The maximum Gasteiger partial charge on any atom is 0.573 e. The molecule has 150 valence electrons. The van der Waals surface area contributed by atoms with Gasteiger partial charge in [-0.15, -0.1) is 13.2 Å². The van der Waals surface area contributed by atoms with Crippen LogP contribution in [-0.2, 0) is 6.54 Å². The number of para-hydroxylation sites is 1. The van der Waals surface area contributed by atoms with Crippen LogP contribution in [0.3, 0.4) is 0 Å². The molecule has 8 heteroatoms. The summed E-state index contributed by atoms with van der Waals surface area (Å²) in [6, 6.07) is 14.8. The molecule has 1 heterocycles. The summed E-state index contributed by atoms with van der Waals surface area (Å²) in [6.45, 7) is 3.16. The number of rotatable bonds is 4. The molecule has 0 aliphatic carbocycles. The minimum atomic E-state index is -4.69. The Balaban J connectivity index is 1.50. The number of nitrogens with zero attached hydrogens (tertiary/aromatic N) is 2. The lowest BCUT2D eigenvalue weighted by molar-refractivity contribution is -0.274. The quantitative estimate of drug-likeness (QED) is 0.776. The van der Waals surface area contributed by atoms with Crippen LogP contribution in [0.5, 0.6) is 11.5 Å². The molecule has 0 atom stereocenters. The van der Waals surface area contributed by atoms with Crippen molar-refractivity contribution in [2.24, 2.45) is 0 Å². The van der Waals surface area contributed by atoms with Crippen molar-refractivity contribution in [1.82, 2.24) is 9.80 Å². The summed E-state index contributed by atoms with van der Waals surface area (Å²) in [4.78, 5) is 16.2. The molecule has 1 amide bonds. The molecule has 1 fully saturated rings. The normalized spacial score (nSPS) is 15.8. The fourth-order valence-corrected chi connectivity index (χ4v) is 3.02. The third-order valence-electron chi connectivity index (χ3n) is 4.36. The van der Waals surface area contributed by atoms with Crippen molar-refractivity contribution in [1.29, 1.82) is 0 Å². The van der Waals surface area contributed by atoms with Crippen molar-refractivity contribution >= 4 is 6.09 Å². The second-order valence-corrected chi connectivity index (χ2v) is 6.49. The van der Waals surface area contributed by atoms with Crippen LogP contribution in [0.15, 0.2) is 54.6 Å². The Hall–Kier alpha value is -2.74. The molecule has 1 aliphatic heterocycles. The van der Waals surface area contributed by atoms with Gasteiger partial charge in [0.2, 0.25) is 0 Å². The summed E-state index contributed by atoms with van der Waals surface area (Å²) in [5, 5.41) is 0. The van der Waals surface area contributed by atoms with Gasteiger partial charge in [-0.1, -0.05) is 30.3 Å². The van der Waals surface area contributed by atoms with Crippen LogP contribution in [0.25, 0.3) is 0 Å². The van der Waals surface area contributed by atoms with E-state index < -0.39 is 6.36 Å². The number of hydrogen-bond donors (Lipinski definition) is 0. The summed E-state index contributed by atoms with van der Waals surface area (Å²) < 4.78 is 45.9. The fraction of sp³-hybridized carbons (Fsp3) is 0.350. The summed E-state index contributed by atoms with van der Waals surface area (Å²) in [5.41, 5.74) is 0.884. The first-order chi connectivity index (χ1) is 13.4. The van der Waals surface area contributed by atoms with Gasteiger partial charge in [0.1, 0.15) is 11.5 Å². The number of halogens is 3. The molecule has 0 spiro atoms. The minimum Gasteiger partial charge on any atom is -0.410 e. The topological polar surface area (TPSA) is 42.0 Å². The maximum atomic E-state index is 12.3. The largest absolute Gasteiger partial charge is 0.573 e. The van der Waals surface area contributed by atoms with Crippen LogP contribution in [0, 0.1) is 0 Å². The van der Waals surface area contributed by atoms with Crippen LogP contribution >= 0.6 is 0 Å². The molecule has 1 saturated heterocycles. The van der Waals surface area contributed by atoms with E-state index >= 15 is 0 Å². The number of carbonyl (C=O) groups excluding carboxylic acids is 1. The molecule has 0 saturated carbocycles. The SMILES string of the molecule is O=C(Oc1ccccc1)N1CCCN(Cc2ccc(OC(F)(F)F)cc2)CC1. The molecule has 2 aromatic carbocycles. The molecule has 5 nitrogen and oxygen atoms in total. The molecule has 28 heavy (non-hydrogen) atoms. The van der Waals surface area contributed by atoms with Gasteiger partial charge in [0.05, 0.1) is 0 Å². The maximum absolute atomic E-state index is 12.3. The molecule has 0 unspecified atom stereocenters. The lowest BCUT2D eigenvalue weighted by Gasteiger charge is -2.21. The average Bonchev–Trinajstić information content (AvgIpc) is 2.89. The molecular formula is C20H21F3N2O3. The lowest BCUT2D eigenvalue weighted by atomic mass is 10.2. The number of carbonyl (C=O) groups is 1. The number of ether oxygens (including phenoxy) is 2. The predicted octanol–water partition coefficient (Wildman–Crippen LogP) is 4.29. The molecule has 0 aromatic heterocycles. The number of benzene rings is 2. The van der Waals surface area contributed by atoms with Gasteiger partial charge in [-0.25, -0.2) is 4.79 Å². The van der Waals surface area contributed by atoms with Crippen LogP contribution < -0.4 is 9.47 Å². The van der Waals surface area contributed by atoms with Crippen molar-refractivity contribution in [3.05, 3.63) is 60.2 Å². The lowest BCUT2D eigenvalue weighted by Crippen LogP contribution is -2.36. The van der Waals surface area contributed by atoms with E-state index in [1.165, 1.54) is 12.1 Å². The first-order valence-corrected chi connectivity index (χ1v) is 8.98. The monoisotopic (exact) mass is 394 g/mol. The smallest absolute Gasteiger partial charge is 0.410 e. The third-order valence-corrected chi connectivity index (χ3v) is 4.36. The second-order valence-electron chi connectivity index (χ2n) is 6.49. The first kappa shape index (κ1) is 20.0. The van der Waals surface area contributed by atoms with Crippen LogP contribution in [0.4, 0.5) is 18.0 Å². The standard InChI is InChI=1S/C20H21F3N2O3/c21-20(22,23)28-18-9-7-16(8-10-18)15-24-11-4-12-25(14-13-24)19(26)27-17-5-2-1-3-6-17/h1-3,5-10H,4,11-15H2. The zero-order valence-corrected chi connectivity index (χ0v) is 15.2. The highest BCUT2D eigenvalue weighted by molar-refractivity contribution is 5.70. The highest BCUT2D eigenvalue weighted by Gasteiger charge is 2.31. The molecular weight excluding hydrogens is 373 g/mol.